The van der Waals surface area contributed by atoms with E-state index >= 15 is 0 Å². The molecule has 0 aliphatic carbocycles. The van der Waals surface area contributed by atoms with E-state index < -0.39 is 0 Å². The lowest BCUT2D eigenvalue weighted by Gasteiger charge is -2.16. The van der Waals surface area contributed by atoms with Crippen LogP contribution in [0.15, 0.2) is 40.9 Å². The first-order valence-electron chi connectivity index (χ1n) is 6.76. The van der Waals surface area contributed by atoms with E-state index in [1.807, 2.05) is 12.1 Å². The smallest absolute Gasteiger partial charge is 0.123 e. The normalized spacial score (nSPS) is 17.2. The van der Waals surface area contributed by atoms with Gasteiger partial charge in [-0.2, -0.15) is 0 Å². The maximum Gasteiger partial charge on any atom is 0.123 e. The fraction of sp³-hybridized carbons (Fsp3) is 0.294. The molecule has 21 heavy (non-hydrogen) atoms. The maximum absolute atomic E-state index is 6.33. The third kappa shape index (κ3) is 3.15. The van der Waals surface area contributed by atoms with E-state index in [0.717, 1.165) is 27.2 Å². The minimum absolute atomic E-state index is 0.0662. The van der Waals surface area contributed by atoms with Gasteiger partial charge in [0.1, 0.15) is 11.4 Å². The largest absolute Gasteiger partial charge is 0.487 e. The molecule has 1 heterocycles. The third-order valence-corrected chi connectivity index (χ3v) is 5.47. The zero-order chi connectivity index (χ0) is 15.2. The Morgan fingerprint density at radius 1 is 1.19 bits per heavy atom. The molecule has 1 aliphatic rings. The summed E-state index contributed by atoms with van der Waals surface area (Å²) < 4.78 is 6.95. The molecule has 1 atom stereocenters. The highest BCUT2D eigenvalue weighted by molar-refractivity contribution is 9.10. The molecule has 1 nitrogen and oxygen atoms in total. The van der Waals surface area contributed by atoms with Gasteiger partial charge in [-0.3, -0.25) is 0 Å². The van der Waals surface area contributed by atoms with Crippen molar-refractivity contribution < 1.29 is 4.74 Å². The summed E-state index contributed by atoms with van der Waals surface area (Å²) in [7, 11) is 0. The lowest BCUT2D eigenvalue weighted by Crippen LogP contribution is -2.24. The summed E-state index contributed by atoms with van der Waals surface area (Å²) in [5.41, 5.74) is 3.39. The van der Waals surface area contributed by atoms with Crippen molar-refractivity contribution in [1.82, 2.24) is 0 Å². The van der Waals surface area contributed by atoms with Crippen molar-refractivity contribution in [3.8, 4) is 5.75 Å². The molecule has 0 aromatic heterocycles. The van der Waals surface area contributed by atoms with Gasteiger partial charge in [0.15, 0.2) is 0 Å². The average molecular weight is 431 g/mol. The highest BCUT2D eigenvalue weighted by atomic mass is 79.9. The van der Waals surface area contributed by atoms with Gasteiger partial charge < -0.3 is 4.74 Å². The Morgan fingerprint density at radius 2 is 1.95 bits per heavy atom. The van der Waals surface area contributed by atoms with Crippen LogP contribution in [0.4, 0.5) is 0 Å². The fourth-order valence-electron chi connectivity index (χ4n) is 2.68. The van der Waals surface area contributed by atoms with Gasteiger partial charge in [-0.15, -0.1) is 0 Å². The van der Waals surface area contributed by atoms with Crippen LogP contribution in [0.25, 0.3) is 0 Å². The highest BCUT2D eigenvalue weighted by Crippen LogP contribution is 2.41. The van der Waals surface area contributed by atoms with Crippen LogP contribution in [0.5, 0.6) is 5.75 Å². The number of rotatable bonds is 2. The molecule has 1 unspecified atom stereocenters. The van der Waals surface area contributed by atoms with Crippen molar-refractivity contribution in [3.63, 3.8) is 0 Å². The third-order valence-electron chi connectivity index (χ3n) is 3.61. The first-order chi connectivity index (χ1) is 9.85. The van der Waals surface area contributed by atoms with Gasteiger partial charge >= 0.3 is 0 Å². The fourth-order valence-corrected chi connectivity index (χ4v) is 4.08. The Morgan fingerprint density at radius 3 is 2.71 bits per heavy atom. The van der Waals surface area contributed by atoms with Crippen molar-refractivity contribution >= 4 is 43.5 Å². The first-order valence-corrected chi connectivity index (χ1v) is 8.85. The molecule has 0 saturated carbocycles. The Bertz CT molecular complexity index is 697. The quantitative estimate of drug-likeness (QED) is 0.508. The summed E-state index contributed by atoms with van der Waals surface area (Å²) in [6.07, 6.45) is 0.933. The lowest BCUT2D eigenvalue weighted by molar-refractivity contribution is 0.138. The molecule has 0 saturated heterocycles. The Hall–Kier alpha value is -0.510. The summed E-state index contributed by atoms with van der Waals surface area (Å²) in [5, 5.41) is 0.761. The van der Waals surface area contributed by atoms with Crippen LogP contribution in [-0.4, -0.2) is 5.60 Å². The molecule has 2 aromatic carbocycles. The number of benzene rings is 2. The zero-order valence-electron chi connectivity index (χ0n) is 11.8. The summed E-state index contributed by atoms with van der Waals surface area (Å²) in [6.45, 7) is 4.23. The van der Waals surface area contributed by atoms with Crippen molar-refractivity contribution in [2.24, 2.45) is 0 Å². The summed E-state index contributed by atoms with van der Waals surface area (Å²) in [4.78, 5) is 0.0662. The number of ether oxygens (including phenoxy) is 1. The number of hydrogen-bond acceptors (Lipinski definition) is 1. The summed E-state index contributed by atoms with van der Waals surface area (Å²) in [6, 6.07) is 12.3. The highest BCUT2D eigenvalue weighted by Gasteiger charge is 2.30. The van der Waals surface area contributed by atoms with Crippen LogP contribution >= 0.6 is 43.5 Å². The summed E-state index contributed by atoms with van der Waals surface area (Å²) >= 11 is 13.6. The van der Waals surface area contributed by atoms with Crippen LogP contribution in [-0.2, 0) is 6.42 Å². The van der Waals surface area contributed by atoms with Gasteiger partial charge in [0.2, 0.25) is 0 Å². The minimum Gasteiger partial charge on any atom is -0.487 e. The van der Waals surface area contributed by atoms with Crippen molar-refractivity contribution in [3.05, 3.63) is 62.6 Å². The molecule has 3 rings (SSSR count). The maximum atomic E-state index is 6.33. The van der Waals surface area contributed by atoms with E-state index in [9.17, 15) is 0 Å². The standard InChI is InChI=1S/C17H15Br2ClO/c1-17(2)9-11-7-10(3-6-15(11)21-17)16(19)13-8-12(18)4-5-14(13)20/h3-8,16H,9H2,1-2H3. The monoisotopic (exact) mass is 428 g/mol. The van der Waals surface area contributed by atoms with Gasteiger partial charge in [-0.1, -0.05) is 55.6 Å². The van der Waals surface area contributed by atoms with Crippen LogP contribution < -0.4 is 4.74 Å². The molecule has 2 aromatic rings. The second-order valence-corrected chi connectivity index (χ2v) is 8.17. The molecule has 4 heteroatoms. The first kappa shape index (κ1) is 15.4. The van der Waals surface area contributed by atoms with Gasteiger partial charge in [-0.25, -0.2) is 0 Å². The Labute approximate surface area is 146 Å². The molecule has 0 N–H and O–H groups in total. The predicted octanol–water partition coefficient (Wildman–Crippen LogP) is 6.30. The minimum atomic E-state index is -0.115. The van der Waals surface area contributed by atoms with E-state index in [0.29, 0.717) is 0 Å². The topological polar surface area (TPSA) is 9.23 Å². The van der Waals surface area contributed by atoms with Gasteiger partial charge in [0.05, 0.1) is 4.83 Å². The van der Waals surface area contributed by atoms with E-state index in [2.05, 4.69) is 70.0 Å². The van der Waals surface area contributed by atoms with Crippen LogP contribution in [0.3, 0.4) is 0 Å². The molecular weight excluding hydrogens is 415 g/mol. The summed E-state index contributed by atoms with van der Waals surface area (Å²) in [5.74, 6) is 0.990. The molecule has 0 radical (unpaired) electrons. The molecule has 0 amide bonds. The molecule has 1 aliphatic heterocycles. The number of fused-ring (bicyclic) bond motifs is 1. The van der Waals surface area contributed by atoms with Crippen LogP contribution in [0.2, 0.25) is 5.02 Å². The van der Waals surface area contributed by atoms with Crippen molar-refractivity contribution in [1.29, 1.82) is 0 Å². The number of halogens is 3. The Kier molecular flexibility index (Phi) is 4.10. The van der Waals surface area contributed by atoms with Crippen LogP contribution in [0.1, 0.15) is 35.4 Å². The second kappa shape index (κ2) is 5.60. The van der Waals surface area contributed by atoms with Crippen LogP contribution in [0, 0.1) is 0 Å². The molecule has 110 valence electrons. The van der Waals surface area contributed by atoms with E-state index in [1.165, 1.54) is 11.1 Å². The van der Waals surface area contributed by atoms with Gasteiger partial charge in [-0.05, 0) is 54.8 Å². The number of hydrogen-bond donors (Lipinski definition) is 0. The van der Waals surface area contributed by atoms with E-state index in [1.54, 1.807) is 0 Å². The van der Waals surface area contributed by atoms with E-state index in [4.69, 9.17) is 16.3 Å². The van der Waals surface area contributed by atoms with E-state index in [-0.39, 0.29) is 10.4 Å². The van der Waals surface area contributed by atoms with Gasteiger partial charge in [0.25, 0.3) is 0 Å². The average Bonchev–Trinajstić information content (AvgIpc) is 2.73. The second-order valence-electron chi connectivity index (χ2n) is 5.93. The predicted molar refractivity (Wildman–Crippen MR) is 94.8 cm³/mol. The van der Waals surface area contributed by atoms with Gasteiger partial charge in [0, 0.05) is 15.9 Å². The molecule has 0 fully saturated rings. The Balaban J connectivity index is 1.97. The SMILES string of the molecule is CC1(C)Cc2cc(C(Br)c3cc(Br)ccc3Cl)ccc2O1. The molecule has 0 spiro atoms. The molecular formula is C17H15Br2ClO. The van der Waals surface area contributed by atoms with Crippen molar-refractivity contribution in [2.75, 3.05) is 0 Å². The van der Waals surface area contributed by atoms with Crippen molar-refractivity contribution in [2.45, 2.75) is 30.7 Å². The number of alkyl halides is 1. The lowest BCUT2D eigenvalue weighted by atomic mass is 9.98. The molecule has 0 bridgehead atoms. The zero-order valence-corrected chi connectivity index (χ0v) is 15.7.